The molecule has 1 heterocycles. The Morgan fingerprint density at radius 2 is 2.23 bits per heavy atom. The number of hydrogen-bond donors (Lipinski definition) is 1. The largest absolute Gasteiger partial charge is 0.393 e. The lowest BCUT2D eigenvalue weighted by atomic mass is 10.0. The zero-order chi connectivity index (χ0) is 9.84. The van der Waals surface area contributed by atoms with Crippen LogP contribution in [0.5, 0.6) is 0 Å². The van der Waals surface area contributed by atoms with Crippen LogP contribution in [0.2, 0.25) is 0 Å². The molecule has 0 saturated heterocycles. The number of aliphatic hydroxyl groups excluding tert-OH is 1. The number of imidazole rings is 1. The first-order valence-corrected chi connectivity index (χ1v) is 4.74. The average molecular weight is 182 g/mol. The molecule has 1 atom stereocenters. The van der Waals surface area contributed by atoms with Gasteiger partial charge in [-0.2, -0.15) is 0 Å². The van der Waals surface area contributed by atoms with Crippen molar-refractivity contribution >= 4 is 0 Å². The van der Waals surface area contributed by atoms with Crippen LogP contribution >= 0.6 is 0 Å². The van der Waals surface area contributed by atoms with Crippen molar-refractivity contribution in [2.45, 2.75) is 32.8 Å². The molecule has 13 heavy (non-hydrogen) atoms. The van der Waals surface area contributed by atoms with Crippen LogP contribution in [0.4, 0.5) is 0 Å². The minimum Gasteiger partial charge on any atom is -0.393 e. The first-order valence-electron chi connectivity index (χ1n) is 4.74. The second-order valence-electron chi connectivity index (χ2n) is 3.94. The molecule has 1 rings (SSSR count). The van der Waals surface area contributed by atoms with E-state index in [4.69, 9.17) is 0 Å². The highest BCUT2D eigenvalue weighted by atomic mass is 16.3. The summed E-state index contributed by atoms with van der Waals surface area (Å²) in [5.41, 5.74) is 0. The predicted octanol–water partition coefficient (Wildman–Crippen LogP) is 1.37. The topological polar surface area (TPSA) is 38.1 Å². The summed E-state index contributed by atoms with van der Waals surface area (Å²) in [6.45, 7) is 4.23. The highest BCUT2D eigenvalue weighted by Gasteiger charge is 2.10. The summed E-state index contributed by atoms with van der Waals surface area (Å²) in [6.07, 6.45) is 4.89. The van der Waals surface area contributed by atoms with E-state index >= 15 is 0 Å². The molecule has 3 nitrogen and oxygen atoms in total. The van der Waals surface area contributed by atoms with Crippen LogP contribution in [0.15, 0.2) is 12.4 Å². The molecule has 0 bridgehead atoms. The fraction of sp³-hybridized carbons (Fsp3) is 0.700. The Balaban J connectivity index is 2.45. The maximum Gasteiger partial charge on any atom is 0.110 e. The van der Waals surface area contributed by atoms with E-state index in [0.29, 0.717) is 12.3 Å². The normalized spacial score (nSPS) is 13.6. The zero-order valence-corrected chi connectivity index (χ0v) is 8.57. The van der Waals surface area contributed by atoms with Crippen LogP contribution in [0.1, 0.15) is 26.1 Å². The highest BCUT2D eigenvalue weighted by Crippen LogP contribution is 2.08. The summed E-state index contributed by atoms with van der Waals surface area (Å²) in [4.78, 5) is 4.17. The molecule has 0 aromatic carbocycles. The van der Waals surface area contributed by atoms with Gasteiger partial charge in [0.2, 0.25) is 0 Å². The van der Waals surface area contributed by atoms with E-state index in [1.54, 1.807) is 6.20 Å². The lowest BCUT2D eigenvalue weighted by molar-refractivity contribution is 0.146. The van der Waals surface area contributed by atoms with E-state index in [2.05, 4.69) is 18.8 Å². The Hall–Kier alpha value is -0.830. The molecule has 0 fully saturated rings. The first-order chi connectivity index (χ1) is 6.09. The van der Waals surface area contributed by atoms with Crippen molar-refractivity contribution in [3.8, 4) is 0 Å². The van der Waals surface area contributed by atoms with E-state index in [-0.39, 0.29) is 6.10 Å². The summed E-state index contributed by atoms with van der Waals surface area (Å²) < 4.78 is 1.95. The fourth-order valence-corrected chi connectivity index (χ4v) is 1.43. The Morgan fingerprint density at radius 1 is 1.54 bits per heavy atom. The maximum atomic E-state index is 9.66. The highest BCUT2D eigenvalue weighted by molar-refractivity contribution is 4.92. The van der Waals surface area contributed by atoms with E-state index in [9.17, 15) is 5.11 Å². The van der Waals surface area contributed by atoms with Gasteiger partial charge in [-0.1, -0.05) is 13.8 Å². The van der Waals surface area contributed by atoms with Gasteiger partial charge in [0.1, 0.15) is 5.82 Å². The van der Waals surface area contributed by atoms with Crippen molar-refractivity contribution in [1.82, 2.24) is 9.55 Å². The molecule has 0 saturated carbocycles. The Labute approximate surface area is 79.4 Å². The summed E-state index contributed by atoms with van der Waals surface area (Å²) in [5, 5.41) is 9.66. The molecule has 74 valence electrons. The van der Waals surface area contributed by atoms with E-state index in [1.165, 1.54) is 0 Å². The molecule has 1 N–H and O–H groups in total. The molecular weight excluding hydrogens is 164 g/mol. The standard InChI is InChI=1S/C10H18N2O/c1-8(2)6-9(13)7-10-11-4-5-12(10)3/h4-5,8-9,13H,6-7H2,1-3H3. The van der Waals surface area contributed by atoms with Gasteiger partial charge in [-0.25, -0.2) is 4.98 Å². The number of nitrogens with zero attached hydrogens (tertiary/aromatic N) is 2. The number of rotatable bonds is 4. The molecule has 0 spiro atoms. The van der Waals surface area contributed by atoms with Gasteiger partial charge in [-0.3, -0.25) is 0 Å². The van der Waals surface area contributed by atoms with Gasteiger partial charge in [-0.15, -0.1) is 0 Å². The predicted molar refractivity (Wildman–Crippen MR) is 52.4 cm³/mol. The van der Waals surface area contributed by atoms with Crippen molar-refractivity contribution < 1.29 is 5.11 Å². The lowest BCUT2D eigenvalue weighted by Gasteiger charge is -2.12. The molecule has 0 aliphatic rings. The third-order valence-corrected chi connectivity index (χ3v) is 2.08. The number of aliphatic hydroxyl groups is 1. The summed E-state index contributed by atoms with van der Waals surface area (Å²) in [6, 6.07) is 0. The van der Waals surface area contributed by atoms with Gasteiger partial charge in [-0.05, 0) is 12.3 Å². The van der Waals surface area contributed by atoms with Crippen LogP contribution < -0.4 is 0 Å². The van der Waals surface area contributed by atoms with Crippen LogP contribution in [-0.2, 0) is 13.5 Å². The Kier molecular flexibility index (Phi) is 3.48. The number of hydrogen-bond acceptors (Lipinski definition) is 2. The smallest absolute Gasteiger partial charge is 0.110 e. The quantitative estimate of drug-likeness (QED) is 0.763. The molecule has 0 aliphatic carbocycles. The molecule has 0 radical (unpaired) electrons. The van der Waals surface area contributed by atoms with Crippen molar-refractivity contribution in [2.24, 2.45) is 13.0 Å². The second kappa shape index (κ2) is 4.42. The number of aryl methyl sites for hydroxylation is 1. The average Bonchev–Trinajstić information content (AvgIpc) is 2.34. The summed E-state index contributed by atoms with van der Waals surface area (Å²) in [7, 11) is 1.95. The van der Waals surface area contributed by atoms with Crippen LogP contribution in [0, 0.1) is 5.92 Å². The van der Waals surface area contributed by atoms with Gasteiger partial charge in [0, 0.05) is 25.9 Å². The minimum atomic E-state index is -0.263. The second-order valence-corrected chi connectivity index (χ2v) is 3.94. The van der Waals surface area contributed by atoms with Crippen molar-refractivity contribution in [1.29, 1.82) is 0 Å². The molecule has 0 aliphatic heterocycles. The van der Waals surface area contributed by atoms with Crippen molar-refractivity contribution in [3.63, 3.8) is 0 Å². The van der Waals surface area contributed by atoms with E-state index in [1.807, 2.05) is 17.8 Å². The van der Waals surface area contributed by atoms with Gasteiger partial charge >= 0.3 is 0 Å². The van der Waals surface area contributed by atoms with E-state index < -0.39 is 0 Å². The van der Waals surface area contributed by atoms with Crippen LogP contribution in [0.25, 0.3) is 0 Å². The van der Waals surface area contributed by atoms with Gasteiger partial charge < -0.3 is 9.67 Å². The van der Waals surface area contributed by atoms with Gasteiger partial charge in [0.15, 0.2) is 0 Å². The van der Waals surface area contributed by atoms with Gasteiger partial charge in [0.05, 0.1) is 6.10 Å². The van der Waals surface area contributed by atoms with Crippen molar-refractivity contribution in [3.05, 3.63) is 18.2 Å². The van der Waals surface area contributed by atoms with E-state index in [0.717, 1.165) is 12.2 Å². The molecule has 3 heteroatoms. The third-order valence-electron chi connectivity index (χ3n) is 2.08. The lowest BCUT2D eigenvalue weighted by Crippen LogP contribution is -2.15. The summed E-state index contributed by atoms with van der Waals surface area (Å²) in [5.74, 6) is 1.49. The SMILES string of the molecule is CC(C)CC(O)Cc1nccn1C. The van der Waals surface area contributed by atoms with Gasteiger partial charge in [0.25, 0.3) is 0 Å². The number of aromatic nitrogens is 2. The molecule has 0 amide bonds. The first kappa shape index (κ1) is 10.3. The van der Waals surface area contributed by atoms with Crippen LogP contribution in [0.3, 0.4) is 0 Å². The maximum absolute atomic E-state index is 9.66. The Morgan fingerprint density at radius 3 is 2.69 bits per heavy atom. The minimum absolute atomic E-state index is 0.263. The van der Waals surface area contributed by atoms with Crippen molar-refractivity contribution in [2.75, 3.05) is 0 Å². The van der Waals surface area contributed by atoms with Crippen LogP contribution in [-0.4, -0.2) is 20.8 Å². The fourth-order valence-electron chi connectivity index (χ4n) is 1.43. The Bertz CT molecular complexity index is 255. The molecular formula is C10H18N2O. The zero-order valence-electron chi connectivity index (χ0n) is 8.57. The molecule has 1 aromatic heterocycles. The molecule has 1 unspecified atom stereocenters. The molecule has 1 aromatic rings. The summed E-state index contributed by atoms with van der Waals surface area (Å²) >= 11 is 0. The third kappa shape index (κ3) is 3.19. The monoisotopic (exact) mass is 182 g/mol.